The third kappa shape index (κ3) is 4.33. The molecule has 1 atom stereocenters. The molecule has 0 radical (unpaired) electrons. The van der Waals surface area contributed by atoms with Crippen LogP contribution in [0.1, 0.15) is 51.2 Å². The fraction of sp³-hybridized carbons (Fsp3) is 0.600. The van der Waals surface area contributed by atoms with Crippen LogP contribution in [0.15, 0.2) is 18.2 Å². The molecule has 1 fully saturated rings. The summed E-state index contributed by atoms with van der Waals surface area (Å²) in [6.07, 6.45) is 4.42. The average molecular weight is 345 g/mol. The van der Waals surface area contributed by atoms with E-state index in [1.54, 1.807) is 9.80 Å². The molecule has 25 heavy (non-hydrogen) atoms. The van der Waals surface area contributed by atoms with Gasteiger partial charge in [-0.1, -0.05) is 51.8 Å². The van der Waals surface area contributed by atoms with Gasteiger partial charge in [-0.3, -0.25) is 4.79 Å². The first-order valence-electron chi connectivity index (χ1n) is 9.46. The summed E-state index contributed by atoms with van der Waals surface area (Å²) in [7, 11) is 1.82. The van der Waals surface area contributed by atoms with E-state index in [0.717, 1.165) is 48.9 Å². The number of hydrogen-bond acceptors (Lipinski definition) is 2. The lowest BCUT2D eigenvalue weighted by molar-refractivity contribution is -0.138. The molecular weight excluding hydrogens is 314 g/mol. The van der Waals surface area contributed by atoms with Gasteiger partial charge in [0.15, 0.2) is 0 Å². The van der Waals surface area contributed by atoms with E-state index < -0.39 is 0 Å². The maximum Gasteiger partial charge on any atom is 0.322 e. The molecule has 0 spiro atoms. The summed E-state index contributed by atoms with van der Waals surface area (Å²) >= 11 is 0. The number of likely N-dealkylation sites (N-methyl/N-ethyl adjacent to an activating group) is 1. The van der Waals surface area contributed by atoms with Gasteiger partial charge in [0, 0.05) is 25.8 Å². The molecule has 2 rings (SSSR count). The van der Waals surface area contributed by atoms with Gasteiger partial charge in [-0.25, -0.2) is 4.79 Å². The number of amides is 3. The van der Waals surface area contributed by atoms with Crippen LogP contribution in [-0.2, 0) is 17.6 Å². The van der Waals surface area contributed by atoms with Crippen LogP contribution >= 0.6 is 0 Å². The van der Waals surface area contributed by atoms with Crippen molar-refractivity contribution in [3.63, 3.8) is 0 Å². The maximum atomic E-state index is 13.0. The molecule has 1 unspecified atom stereocenters. The van der Waals surface area contributed by atoms with Gasteiger partial charge < -0.3 is 15.1 Å². The summed E-state index contributed by atoms with van der Waals surface area (Å²) in [5, 5.41) is 3.11. The number of carbonyl (C=O) groups excluding carboxylic acids is 2. The van der Waals surface area contributed by atoms with Crippen LogP contribution in [0.3, 0.4) is 0 Å². The molecule has 1 heterocycles. The van der Waals surface area contributed by atoms with Gasteiger partial charge in [-0.2, -0.15) is 0 Å². The van der Waals surface area contributed by atoms with Crippen LogP contribution < -0.4 is 5.32 Å². The zero-order valence-electron chi connectivity index (χ0n) is 16.0. The molecular formula is C20H31N3O2. The largest absolute Gasteiger partial charge is 0.342 e. The molecule has 5 nitrogen and oxygen atoms in total. The van der Waals surface area contributed by atoms with Gasteiger partial charge >= 0.3 is 6.03 Å². The Morgan fingerprint density at radius 3 is 2.36 bits per heavy atom. The Hall–Kier alpha value is -2.04. The van der Waals surface area contributed by atoms with Crippen molar-refractivity contribution >= 4 is 17.6 Å². The number of urea groups is 1. The second-order valence-corrected chi connectivity index (χ2v) is 6.70. The smallest absolute Gasteiger partial charge is 0.322 e. The van der Waals surface area contributed by atoms with Gasteiger partial charge in [0.2, 0.25) is 5.91 Å². The van der Waals surface area contributed by atoms with Crippen molar-refractivity contribution < 1.29 is 9.59 Å². The first-order valence-corrected chi connectivity index (χ1v) is 9.46. The molecule has 0 aromatic heterocycles. The van der Waals surface area contributed by atoms with E-state index >= 15 is 0 Å². The predicted octanol–water partition coefficient (Wildman–Crippen LogP) is 3.68. The van der Waals surface area contributed by atoms with Crippen LogP contribution in [0.2, 0.25) is 0 Å². The van der Waals surface area contributed by atoms with Crippen molar-refractivity contribution in [2.45, 2.75) is 58.9 Å². The standard InChI is InChI=1S/C20H31N3O2/c1-5-8-12-17-19(24)22(4)13-14-23(17)20(25)21-18-15(6-2)10-9-11-16(18)7-3/h9-11,17H,5-8,12-14H2,1-4H3,(H,21,25). The SMILES string of the molecule is CCCCC1C(=O)N(C)CCN1C(=O)Nc1c(CC)cccc1CC. The summed E-state index contributed by atoms with van der Waals surface area (Å²) in [6.45, 7) is 7.46. The maximum absolute atomic E-state index is 13.0. The Bertz CT molecular complexity index is 593. The lowest BCUT2D eigenvalue weighted by atomic mass is 10.0. The molecule has 3 amide bonds. The van der Waals surface area contributed by atoms with Crippen molar-refractivity contribution in [2.24, 2.45) is 0 Å². The lowest BCUT2D eigenvalue weighted by Gasteiger charge is -2.39. The topological polar surface area (TPSA) is 52.7 Å². The quantitative estimate of drug-likeness (QED) is 0.855. The van der Waals surface area contributed by atoms with Crippen molar-refractivity contribution in [2.75, 3.05) is 25.5 Å². The number of unbranched alkanes of at least 4 members (excludes halogenated alkanes) is 1. The van der Waals surface area contributed by atoms with Crippen molar-refractivity contribution in [3.05, 3.63) is 29.3 Å². The number of hydrogen-bond donors (Lipinski definition) is 1. The number of aryl methyl sites for hydroxylation is 2. The Balaban J connectivity index is 2.22. The highest BCUT2D eigenvalue weighted by Gasteiger charge is 2.35. The zero-order valence-corrected chi connectivity index (χ0v) is 16.0. The number of nitrogens with one attached hydrogen (secondary N) is 1. The molecule has 1 aliphatic heterocycles. The highest BCUT2D eigenvalue weighted by molar-refractivity contribution is 5.95. The van der Waals surface area contributed by atoms with Crippen LogP contribution in [0.25, 0.3) is 0 Å². The third-order valence-electron chi connectivity index (χ3n) is 5.04. The first kappa shape index (κ1) is 19.3. The normalized spacial score (nSPS) is 17.8. The molecule has 1 aromatic carbocycles. The molecule has 0 bridgehead atoms. The van der Waals surface area contributed by atoms with E-state index in [2.05, 4.69) is 38.2 Å². The van der Waals surface area contributed by atoms with Gasteiger partial charge in [0.1, 0.15) is 6.04 Å². The fourth-order valence-corrected chi connectivity index (χ4v) is 3.41. The van der Waals surface area contributed by atoms with Crippen LogP contribution in [0, 0.1) is 0 Å². The summed E-state index contributed by atoms with van der Waals surface area (Å²) in [5.41, 5.74) is 3.19. The highest BCUT2D eigenvalue weighted by Crippen LogP contribution is 2.24. The lowest BCUT2D eigenvalue weighted by Crippen LogP contribution is -2.58. The van der Waals surface area contributed by atoms with Gasteiger partial charge in [-0.05, 0) is 30.4 Å². The number of nitrogens with zero attached hydrogens (tertiary/aromatic N) is 2. The highest BCUT2D eigenvalue weighted by atomic mass is 16.2. The minimum absolute atomic E-state index is 0.0503. The Kier molecular flexibility index (Phi) is 6.85. The number of piperazine rings is 1. The van der Waals surface area contributed by atoms with Crippen LogP contribution in [0.4, 0.5) is 10.5 Å². The second kappa shape index (κ2) is 8.88. The van der Waals surface area contributed by atoms with Gasteiger partial charge in [0.05, 0.1) is 0 Å². The molecule has 138 valence electrons. The Morgan fingerprint density at radius 1 is 1.16 bits per heavy atom. The second-order valence-electron chi connectivity index (χ2n) is 6.70. The van der Waals surface area contributed by atoms with E-state index in [4.69, 9.17) is 0 Å². The summed E-state index contributed by atoms with van der Waals surface area (Å²) in [4.78, 5) is 29.0. The van der Waals surface area contributed by atoms with Crippen LogP contribution in [0.5, 0.6) is 0 Å². The summed E-state index contributed by atoms with van der Waals surface area (Å²) in [6, 6.07) is 5.64. The van der Waals surface area contributed by atoms with Crippen LogP contribution in [-0.4, -0.2) is 47.9 Å². The van der Waals surface area contributed by atoms with Gasteiger partial charge in [0.25, 0.3) is 0 Å². The number of rotatable bonds is 6. The summed E-state index contributed by atoms with van der Waals surface area (Å²) < 4.78 is 0. The molecule has 1 N–H and O–H groups in total. The molecule has 0 aliphatic carbocycles. The molecule has 0 saturated carbocycles. The third-order valence-corrected chi connectivity index (χ3v) is 5.04. The van der Waals surface area contributed by atoms with E-state index in [9.17, 15) is 9.59 Å². The Morgan fingerprint density at radius 2 is 1.80 bits per heavy atom. The molecule has 1 aliphatic rings. The monoisotopic (exact) mass is 345 g/mol. The fourth-order valence-electron chi connectivity index (χ4n) is 3.41. The molecule has 1 saturated heterocycles. The minimum atomic E-state index is -0.349. The average Bonchev–Trinajstić information content (AvgIpc) is 2.62. The molecule has 1 aromatic rings. The first-order chi connectivity index (χ1) is 12.0. The van der Waals surface area contributed by atoms with Crippen molar-refractivity contribution in [1.82, 2.24) is 9.80 Å². The van der Waals surface area contributed by atoms with E-state index in [1.807, 2.05) is 13.1 Å². The van der Waals surface area contributed by atoms with E-state index in [-0.39, 0.29) is 18.0 Å². The summed E-state index contributed by atoms with van der Waals surface area (Å²) in [5.74, 6) is 0.0503. The Labute approximate surface area is 151 Å². The van der Waals surface area contributed by atoms with Crippen molar-refractivity contribution in [3.8, 4) is 0 Å². The van der Waals surface area contributed by atoms with E-state index in [0.29, 0.717) is 13.1 Å². The number of carbonyl (C=O) groups is 2. The minimum Gasteiger partial charge on any atom is -0.342 e. The number of benzene rings is 1. The zero-order chi connectivity index (χ0) is 18.4. The van der Waals surface area contributed by atoms with E-state index in [1.165, 1.54) is 0 Å². The van der Waals surface area contributed by atoms with Gasteiger partial charge in [-0.15, -0.1) is 0 Å². The number of anilines is 1. The molecule has 5 heteroatoms. The van der Waals surface area contributed by atoms with Crippen molar-refractivity contribution in [1.29, 1.82) is 0 Å². The predicted molar refractivity (Wildman–Crippen MR) is 102 cm³/mol. The number of para-hydroxylation sites is 1.